The summed E-state index contributed by atoms with van der Waals surface area (Å²) in [5.74, 6) is 0.237. The lowest BCUT2D eigenvalue weighted by Gasteiger charge is -2.26. The van der Waals surface area contributed by atoms with Gasteiger partial charge in [-0.1, -0.05) is 17.7 Å². The van der Waals surface area contributed by atoms with E-state index < -0.39 is 9.84 Å². The van der Waals surface area contributed by atoms with Gasteiger partial charge in [-0.3, -0.25) is 4.90 Å². The maximum atomic E-state index is 12.2. The van der Waals surface area contributed by atoms with Crippen molar-refractivity contribution in [3.63, 3.8) is 0 Å². The van der Waals surface area contributed by atoms with Gasteiger partial charge in [0.15, 0.2) is 9.84 Å². The molecule has 5 heteroatoms. The van der Waals surface area contributed by atoms with Crippen LogP contribution in [0.5, 0.6) is 0 Å². The quantitative estimate of drug-likeness (QED) is 0.752. The molecule has 4 nitrogen and oxygen atoms in total. The summed E-state index contributed by atoms with van der Waals surface area (Å²) in [6.07, 6.45) is 1.64. The maximum Gasteiger partial charge on any atom is 0.178 e. The zero-order valence-corrected chi connectivity index (χ0v) is 12.9. The first kappa shape index (κ1) is 15.5. The lowest BCUT2D eigenvalue weighted by atomic mass is 10.2. The van der Waals surface area contributed by atoms with Gasteiger partial charge in [0.2, 0.25) is 0 Å². The van der Waals surface area contributed by atoms with Crippen molar-refractivity contribution in [3.8, 4) is 0 Å². The van der Waals surface area contributed by atoms with Gasteiger partial charge < -0.3 is 4.74 Å². The molecule has 1 aromatic carbocycles. The summed E-state index contributed by atoms with van der Waals surface area (Å²) in [6, 6.07) is 7.10. The van der Waals surface area contributed by atoms with E-state index in [1.165, 1.54) is 0 Å². The Kier molecular flexibility index (Phi) is 5.57. The average Bonchev–Trinajstić information content (AvgIpc) is 2.45. The molecule has 1 aliphatic rings. The summed E-state index contributed by atoms with van der Waals surface area (Å²) in [5.41, 5.74) is 1.08. The van der Waals surface area contributed by atoms with Crippen molar-refractivity contribution in [2.24, 2.45) is 0 Å². The number of ether oxygens (including phenoxy) is 1. The van der Waals surface area contributed by atoms with E-state index in [1.807, 2.05) is 19.1 Å². The average molecular weight is 297 g/mol. The van der Waals surface area contributed by atoms with Crippen LogP contribution in [0.4, 0.5) is 0 Å². The van der Waals surface area contributed by atoms with Gasteiger partial charge in [0.05, 0.1) is 23.9 Å². The zero-order chi connectivity index (χ0) is 14.4. The van der Waals surface area contributed by atoms with Crippen molar-refractivity contribution in [3.05, 3.63) is 29.8 Å². The molecule has 1 saturated heterocycles. The van der Waals surface area contributed by atoms with Gasteiger partial charge in [0, 0.05) is 13.1 Å². The molecule has 1 aliphatic heterocycles. The smallest absolute Gasteiger partial charge is 0.178 e. The first-order chi connectivity index (χ1) is 9.58. The number of nitrogens with zero attached hydrogens (tertiary/aromatic N) is 1. The summed E-state index contributed by atoms with van der Waals surface area (Å²) < 4.78 is 29.6. The molecule has 0 N–H and O–H groups in total. The molecule has 2 rings (SSSR count). The Morgan fingerprint density at radius 3 is 2.40 bits per heavy atom. The van der Waals surface area contributed by atoms with E-state index in [2.05, 4.69) is 4.90 Å². The Balaban J connectivity index is 1.76. The maximum absolute atomic E-state index is 12.2. The predicted octanol–water partition coefficient (Wildman–Crippen LogP) is 1.88. The van der Waals surface area contributed by atoms with E-state index in [1.54, 1.807) is 12.1 Å². The molecule has 112 valence electrons. The predicted molar refractivity (Wildman–Crippen MR) is 79.7 cm³/mol. The largest absolute Gasteiger partial charge is 0.379 e. The van der Waals surface area contributed by atoms with Crippen LogP contribution in [0, 0.1) is 6.92 Å². The molecule has 0 atom stereocenters. The normalized spacial score (nSPS) is 17.2. The molecule has 0 saturated carbocycles. The Bertz CT molecular complexity index is 504. The number of morpholine rings is 1. The third kappa shape index (κ3) is 4.58. The summed E-state index contributed by atoms with van der Waals surface area (Å²) in [5, 5.41) is 0. The standard InChI is InChI=1S/C15H23NO3S/c1-14-4-6-15(7-5-14)20(17,18)13-3-2-8-16-9-11-19-12-10-16/h4-7H,2-3,8-13H2,1H3. The fourth-order valence-corrected chi connectivity index (χ4v) is 3.69. The molecule has 20 heavy (non-hydrogen) atoms. The lowest BCUT2D eigenvalue weighted by molar-refractivity contribution is 0.0373. The van der Waals surface area contributed by atoms with Gasteiger partial charge in [0.1, 0.15) is 0 Å². The third-order valence-corrected chi connectivity index (χ3v) is 5.44. The van der Waals surface area contributed by atoms with Crippen LogP contribution in [0.25, 0.3) is 0 Å². The number of sulfone groups is 1. The molecule has 1 heterocycles. The van der Waals surface area contributed by atoms with Crippen molar-refractivity contribution >= 4 is 9.84 Å². The molecule has 0 amide bonds. The molecule has 1 fully saturated rings. The first-order valence-electron chi connectivity index (χ1n) is 7.17. The second-order valence-corrected chi connectivity index (χ2v) is 7.40. The van der Waals surface area contributed by atoms with E-state index in [4.69, 9.17) is 4.74 Å². The van der Waals surface area contributed by atoms with Crippen LogP contribution in [-0.2, 0) is 14.6 Å². The summed E-state index contributed by atoms with van der Waals surface area (Å²) in [6.45, 7) is 6.43. The molecule has 0 radical (unpaired) electrons. The summed E-state index contributed by atoms with van der Waals surface area (Å²) >= 11 is 0. The van der Waals surface area contributed by atoms with Crippen LogP contribution in [0.2, 0.25) is 0 Å². The number of aryl methyl sites for hydroxylation is 1. The Morgan fingerprint density at radius 2 is 1.75 bits per heavy atom. The minimum atomic E-state index is -3.12. The Morgan fingerprint density at radius 1 is 1.10 bits per heavy atom. The minimum Gasteiger partial charge on any atom is -0.379 e. The summed E-state index contributed by atoms with van der Waals surface area (Å²) in [4.78, 5) is 2.77. The van der Waals surface area contributed by atoms with Crippen LogP contribution >= 0.6 is 0 Å². The number of benzene rings is 1. The Hall–Kier alpha value is -0.910. The van der Waals surface area contributed by atoms with Crippen molar-refractivity contribution in [2.75, 3.05) is 38.6 Å². The lowest BCUT2D eigenvalue weighted by Crippen LogP contribution is -2.36. The van der Waals surface area contributed by atoms with Crippen molar-refractivity contribution in [1.29, 1.82) is 0 Å². The van der Waals surface area contributed by atoms with Gasteiger partial charge in [-0.05, 0) is 38.4 Å². The molecular formula is C15H23NO3S. The van der Waals surface area contributed by atoms with Crippen LogP contribution in [0.3, 0.4) is 0 Å². The molecule has 0 bridgehead atoms. The number of hydrogen-bond acceptors (Lipinski definition) is 4. The minimum absolute atomic E-state index is 0.237. The molecule has 0 aromatic heterocycles. The highest BCUT2D eigenvalue weighted by Crippen LogP contribution is 2.14. The number of hydrogen-bond donors (Lipinski definition) is 0. The van der Waals surface area contributed by atoms with E-state index in [9.17, 15) is 8.42 Å². The van der Waals surface area contributed by atoms with Crippen molar-refractivity contribution < 1.29 is 13.2 Å². The van der Waals surface area contributed by atoms with Crippen LogP contribution in [-0.4, -0.2) is 51.9 Å². The molecular weight excluding hydrogens is 274 g/mol. The van der Waals surface area contributed by atoms with Gasteiger partial charge in [-0.2, -0.15) is 0 Å². The highest BCUT2D eigenvalue weighted by Gasteiger charge is 2.14. The topological polar surface area (TPSA) is 46.6 Å². The van der Waals surface area contributed by atoms with E-state index >= 15 is 0 Å². The van der Waals surface area contributed by atoms with Crippen LogP contribution in [0.15, 0.2) is 29.2 Å². The number of unbranched alkanes of at least 4 members (excludes halogenated alkanes) is 1. The van der Waals surface area contributed by atoms with Gasteiger partial charge >= 0.3 is 0 Å². The molecule has 0 aliphatic carbocycles. The van der Waals surface area contributed by atoms with E-state index in [0.29, 0.717) is 11.3 Å². The number of rotatable bonds is 6. The van der Waals surface area contributed by atoms with Crippen molar-refractivity contribution in [1.82, 2.24) is 4.90 Å². The third-order valence-electron chi connectivity index (χ3n) is 3.62. The fraction of sp³-hybridized carbons (Fsp3) is 0.600. The highest BCUT2D eigenvalue weighted by atomic mass is 32.2. The highest BCUT2D eigenvalue weighted by molar-refractivity contribution is 7.91. The summed E-state index contributed by atoms with van der Waals surface area (Å²) in [7, 11) is -3.12. The first-order valence-corrected chi connectivity index (χ1v) is 8.83. The Labute approximate surface area is 121 Å². The van der Waals surface area contributed by atoms with Crippen molar-refractivity contribution in [2.45, 2.75) is 24.7 Å². The SMILES string of the molecule is Cc1ccc(S(=O)(=O)CCCCN2CCOCC2)cc1. The van der Waals surface area contributed by atoms with E-state index in [0.717, 1.165) is 44.8 Å². The molecule has 0 spiro atoms. The zero-order valence-electron chi connectivity index (χ0n) is 12.0. The molecule has 1 aromatic rings. The van der Waals surface area contributed by atoms with Gasteiger partial charge in [0.25, 0.3) is 0 Å². The van der Waals surface area contributed by atoms with E-state index in [-0.39, 0.29) is 5.75 Å². The second-order valence-electron chi connectivity index (χ2n) is 5.29. The fourth-order valence-electron chi connectivity index (χ4n) is 2.32. The van der Waals surface area contributed by atoms with Gasteiger partial charge in [-0.25, -0.2) is 8.42 Å². The second kappa shape index (κ2) is 7.20. The van der Waals surface area contributed by atoms with Gasteiger partial charge in [-0.15, -0.1) is 0 Å². The molecule has 0 unspecified atom stereocenters. The monoisotopic (exact) mass is 297 g/mol. The van der Waals surface area contributed by atoms with Crippen LogP contribution < -0.4 is 0 Å². The van der Waals surface area contributed by atoms with Crippen LogP contribution in [0.1, 0.15) is 18.4 Å².